The van der Waals surface area contributed by atoms with Crippen LogP contribution >= 0.6 is 11.8 Å². The molecule has 0 aliphatic heterocycles. The Balaban J connectivity index is 2.35. The zero-order valence-electron chi connectivity index (χ0n) is 11.0. The van der Waals surface area contributed by atoms with Crippen LogP contribution in [0.1, 0.15) is 19.4 Å². The highest BCUT2D eigenvalue weighted by Gasteiger charge is 2.05. The standard InChI is InChI=1S/C13H20N2O2S/c1-3-14(4-2)8-9-18-11-12-6-5-7-13(10-12)15(16)17/h5-7,10H,3-4,8-9,11H2,1-2H3. The summed E-state index contributed by atoms with van der Waals surface area (Å²) in [7, 11) is 0. The molecule has 0 atom stereocenters. The zero-order chi connectivity index (χ0) is 13.4. The van der Waals surface area contributed by atoms with Crippen LogP contribution in [-0.4, -0.2) is 35.2 Å². The first-order chi connectivity index (χ1) is 8.67. The van der Waals surface area contributed by atoms with E-state index in [1.807, 2.05) is 17.8 Å². The fourth-order valence-electron chi connectivity index (χ4n) is 1.68. The monoisotopic (exact) mass is 268 g/mol. The summed E-state index contributed by atoms with van der Waals surface area (Å²) in [5, 5.41) is 10.6. The molecule has 1 aromatic carbocycles. The van der Waals surface area contributed by atoms with E-state index in [4.69, 9.17) is 0 Å². The molecule has 100 valence electrons. The van der Waals surface area contributed by atoms with Crippen molar-refractivity contribution in [1.82, 2.24) is 4.90 Å². The predicted molar refractivity (Wildman–Crippen MR) is 77.0 cm³/mol. The smallest absolute Gasteiger partial charge is 0.269 e. The molecule has 18 heavy (non-hydrogen) atoms. The van der Waals surface area contributed by atoms with Gasteiger partial charge in [-0.25, -0.2) is 0 Å². The molecular formula is C13H20N2O2S. The Morgan fingerprint density at radius 3 is 2.67 bits per heavy atom. The van der Waals surface area contributed by atoms with E-state index in [0.717, 1.165) is 36.7 Å². The largest absolute Gasteiger partial charge is 0.303 e. The second-order valence-electron chi connectivity index (χ2n) is 4.01. The molecule has 0 aliphatic carbocycles. The van der Waals surface area contributed by atoms with Gasteiger partial charge in [0.2, 0.25) is 0 Å². The zero-order valence-corrected chi connectivity index (χ0v) is 11.8. The second-order valence-corrected chi connectivity index (χ2v) is 5.11. The number of nitro benzene ring substituents is 1. The van der Waals surface area contributed by atoms with Crippen molar-refractivity contribution < 1.29 is 4.92 Å². The number of nitro groups is 1. The van der Waals surface area contributed by atoms with E-state index in [2.05, 4.69) is 18.7 Å². The van der Waals surface area contributed by atoms with Crippen molar-refractivity contribution in [3.05, 3.63) is 39.9 Å². The van der Waals surface area contributed by atoms with Crippen molar-refractivity contribution in [2.24, 2.45) is 0 Å². The lowest BCUT2D eigenvalue weighted by molar-refractivity contribution is -0.384. The van der Waals surface area contributed by atoms with Gasteiger partial charge in [-0.2, -0.15) is 11.8 Å². The summed E-state index contributed by atoms with van der Waals surface area (Å²) in [4.78, 5) is 12.7. The van der Waals surface area contributed by atoms with E-state index in [-0.39, 0.29) is 10.6 Å². The Kier molecular flexibility index (Phi) is 6.75. The molecule has 0 spiro atoms. The number of nitrogens with zero attached hydrogens (tertiary/aromatic N) is 2. The quantitative estimate of drug-likeness (QED) is 0.413. The van der Waals surface area contributed by atoms with Crippen molar-refractivity contribution in [2.75, 3.05) is 25.4 Å². The third kappa shape index (κ3) is 5.06. The molecule has 0 aromatic heterocycles. The Bertz CT molecular complexity index is 381. The van der Waals surface area contributed by atoms with Crippen LogP contribution in [0, 0.1) is 10.1 Å². The molecule has 1 aromatic rings. The van der Waals surface area contributed by atoms with Crippen molar-refractivity contribution in [2.45, 2.75) is 19.6 Å². The third-order valence-electron chi connectivity index (χ3n) is 2.84. The fraction of sp³-hybridized carbons (Fsp3) is 0.538. The summed E-state index contributed by atoms with van der Waals surface area (Å²) in [5.74, 6) is 1.90. The summed E-state index contributed by atoms with van der Waals surface area (Å²) < 4.78 is 0. The summed E-state index contributed by atoms with van der Waals surface area (Å²) in [6.07, 6.45) is 0. The Hall–Kier alpha value is -1.07. The predicted octanol–water partition coefficient (Wildman–Crippen LogP) is 3.17. The van der Waals surface area contributed by atoms with Crippen LogP contribution in [0.15, 0.2) is 24.3 Å². The molecule has 0 N–H and O–H groups in total. The SMILES string of the molecule is CCN(CC)CCSCc1cccc([N+](=O)[O-])c1. The lowest BCUT2D eigenvalue weighted by Gasteiger charge is -2.17. The van der Waals surface area contributed by atoms with Gasteiger partial charge in [-0.3, -0.25) is 10.1 Å². The highest BCUT2D eigenvalue weighted by molar-refractivity contribution is 7.98. The molecule has 0 aliphatic rings. The van der Waals surface area contributed by atoms with Gasteiger partial charge < -0.3 is 4.90 Å². The molecule has 0 radical (unpaired) electrons. The topological polar surface area (TPSA) is 46.4 Å². The van der Waals surface area contributed by atoms with Crippen molar-refractivity contribution >= 4 is 17.4 Å². The van der Waals surface area contributed by atoms with Gasteiger partial charge in [-0.05, 0) is 18.7 Å². The van der Waals surface area contributed by atoms with Crippen molar-refractivity contribution in [3.63, 3.8) is 0 Å². The van der Waals surface area contributed by atoms with Gasteiger partial charge >= 0.3 is 0 Å². The molecule has 4 nitrogen and oxygen atoms in total. The molecular weight excluding hydrogens is 248 g/mol. The third-order valence-corrected chi connectivity index (χ3v) is 3.85. The first-order valence-corrected chi connectivity index (χ1v) is 7.36. The molecule has 0 unspecified atom stereocenters. The number of hydrogen-bond donors (Lipinski definition) is 0. The van der Waals surface area contributed by atoms with Crippen LogP contribution in [0.4, 0.5) is 5.69 Å². The Morgan fingerprint density at radius 1 is 1.33 bits per heavy atom. The lowest BCUT2D eigenvalue weighted by atomic mass is 10.2. The summed E-state index contributed by atoms with van der Waals surface area (Å²) in [6, 6.07) is 6.88. The normalized spacial score (nSPS) is 10.8. The number of rotatable bonds is 8. The van der Waals surface area contributed by atoms with Crippen LogP contribution in [-0.2, 0) is 5.75 Å². The highest BCUT2D eigenvalue weighted by atomic mass is 32.2. The molecule has 0 bridgehead atoms. The molecule has 0 amide bonds. The molecule has 0 fully saturated rings. The average molecular weight is 268 g/mol. The molecule has 5 heteroatoms. The second kappa shape index (κ2) is 8.11. The van der Waals surface area contributed by atoms with Gasteiger partial charge in [-0.15, -0.1) is 0 Å². The Morgan fingerprint density at radius 2 is 2.06 bits per heavy atom. The van der Waals surface area contributed by atoms with Crippen molar-refractivity contribution in [1.29, 1.82) is 0 Å². The number of hydrogen-bond acceptors (Lipinski definition) is 4. The van der Waals surface area contributed by atoms with Crippen LogP contribution in [0.2, 0.25) is 0 Å². The van der Waals surface area contributed by atoms with E-state index >= 15 is 0 Å². The van der Waals surface area contributed by atoms with Crippen LogP contribution in [0.5, 0.6) is 0 Å². The summed E-state index contributed by atoms with van der Waals surface area (Å²) >= 11 is 1.82. The van der Waals surface area contributed by atoms with E-state index in [1.54, 1.807) is 12.1 Å². The minimum Gasteiger partial charge on any atom is -0.303 e. The minimum atomic E-state index is -0.343. The van der Waals surface area contributed by atoms with Gasteiger partial charge in [0, 0.05) is 30.2 Å². The fourth-order valence-corrected chi connectivity index (χ4v) is 2.63. The maximum Gasteiger partial charge on any atom is 0.269 e. The van der Waals surface area contributed by atoms with E-state index in [9.17, 15) is 10.1 Å². The highest BCUT2D eigenvalue weighted by Crippen LogP contribution is 2.17. The number of thioether (sulfide) groups is 1. The summed E-state index contributed by atoms with van der Waals surface area (Å²) in [5.41, 5.74) is 1.20. The maximum absolute atomic E-state index is 10.6. The number of benzene rings is 1. The summed E-state index contributed by atoms with van der Waals surface area (Å²) in [6.45, 7) is 7.55. The molecule has 0 saturated carbocycles. The lowest BCUT2D eigenvalue weighted by Crippen LogP contribution is -2.25. The van der Waals surface area contributed by atoms with E-state index in [1.165, 1.54) is 6.07 Å². The molecule has 0 saturated heterocycles. The molecule has 0 heterocycles. The van der Waals surface area contributed by atoms with Gasteiger partial charge in [-0.1, -0.05) is 26.0 Å². The average Bonchev–Trinajstić information content (AvgIpc) is 2.39. The maximum atomic E-state index is 10.6. The van der Waals surface area contributed by atoms with E-state index in [0.29, 0.717) is 0 Å². The first-order valence-electron chi connectivity index (χ1n) is 6.20. The van der Waals surface area contributed by atoms with Gasteiger partial charge in [0.15, 0.2) is 0 Å². The van der Waals surface area contributed by atoms with Crippen LogP contribution < -0.4 is 0 Å². The van der Waals surface area contributed by atoms with E-state index < -0.39 is 0 Å². The Labute approximate surface area is 113 Å². The van der Waals surface area contributed by atoms with Gasteiger partial charge in [0.1, 0.15) is 0 Å². The molecule has 1 rings (SSSR count). The van der Waals surface area contributed by atoms with Gasteiger partial charge in [0.05, 0.1) is 4.92 Å². The number of non-ortho nitro benzene ring substituents is 1. The van der Waals surface area contributed by atoms with Crippen LogP contribution in [0.25, 0.3) is 0 Å². The van der Waals surface area contributed by atoms with Crippen molar-refractivity contribution in [3.8, 4) is 0 Å². The first kappa shape index (κ1) is 15.0. The minimum absolute atomic E-state index is 0.178. The van der Waals surface area contributed by atoms with Crippen LogP contribution in [0.3, 0.4) is 0 Å². The van der Waals surface area contributed by atoms with Gasteiger partial charge in [0.25, 0.3) is 5.69 Å².